The number of halogens is 4. The van der Waals surface area contributed by atoms with E-state index < -0.39 is 47.8 Å². The molecule has 0 saturated heterocycles. The van der Waals surface area contributed by atoms with Crippen LogP contribution in [0.25, 0.3) is 0 Å². The third-order valence-corrected chi connectivity index (χ3v) is 4.86. The van der Waals surface area contributed by atoms with Gasteiger partial charge in [-0.05, 0) is 42.2 Å². The van der Waals surface area contributed by atoms with Gasteiger partial charge in [0.2, 0.25) is 18.3 Å². The highest BCUT2D eigenvalue weighted by Crippen LogP contribution is 2.17. The van der Waals surface area contributed by atoms with Crippen molar-refractivity contribution in [2.24, 2.45) is 16.6 Å². The summed E-state index contributed by atoms with van der Waals surface area (Å²) in [5.41, 5.74) is 4.98. The maximum Gasteiger partial charge on any atom is 0.323 e. The Balaban J connectivity index is 3.36. The summed E-state index contributed by atoms with van der Waals surface area (Å²) in [6.07, 6.45) is 2.46. The first-order valence-electron chi connectivity index (χ1n) is 10.6. The predicted molar refractivity (Wildman–Crippen MR) is 123 cm³/mol. The van der Waals surface area contributed by atoms with Gasteiger partial charge in [-0.1, -0.05) is 20.4 Å². The lowest BCUT2D eigenvalue weighted by Crippen LogP contribution is -2.49. The highest BCUT2D eigenvalue weighted by Gasteiger charge is 2.22. The molecule has 0 bridgehead atoms. The molecular formula is C23H29F4N5O3. The van der Waals surface area contributed by atoms with Gasteiger partial charge >= 0.3 is 6.03 Å². The topological polar surface area (TPSA) is 108 Å². The highest BCUT2D eigenvalue weighted by molar-refractivity contribution is 6.00. The van der Waals surface area contributed by atoms with Crippen LogP contribution in [0.1, 0.15) is 32.3 Å². The maximum atomic E-state index is 13.7. The van der Waals surface area contributed by atoms with Crippen LogP contribution in [0.4, 0.5) is 22.4 Å². The second-order valence-corrected chi connectivity index (χ2v) is 7.97. The fourth-order valence-electron chi connectivity index (χ4n) is 2.75. The number of allylic oxidation sites excluding steroid dienone is 2. The van der Waals surface area contributed by atoms with Crippen LogP contribution in [0, 0.1) is 23.4 Å². The molecule has 1 atom stereocenters. The van der Waals surface area contributed by atoms with Crippen molar-refractivity contribution in [3.05, 3.63) is 59.7 Å². The van der Waals surface area contributed by atoms with E-state index in [4.69, 9.17) is 5.73 Å². The Morgan fingerprint density at radius 3 is 2.31 bits per heavy atom. The fourth-order valence-corrected chi connectivity index (χ4v) is 2.75. The van der Waals surface area contributed by atoms with E-state index in [2.05, 4.69) is 16.9 Å². The Kier molecular flexibility index (Phi) is 11.6. The largest absolute Gasteiger partial charge is 0.370 e. The van der Waals surface area contributed by atoms with E-state index in [1.807, 2.05) is 0 Å². The zero-order valence-electron chi connectivity index (χ0n) is 19.7. The number of nitrogens with one attached hydrogen (secondary N) is 1. The number of carbonyl (C=O) groups is 3. The summed E-state index contributed by atoms with van der Waals surface area (Å²) in [6, 6.07) is 0.0185. The Labute approximate surface area is 201 Å². The minimum Gasteiger partial charge on any atom is -0.370 e. The smallest absolute Gasteiger partial charge is 0.323 e. The molecule has 0 radical (unpaired) electrons. The third-order valence-electron chi connectivity index (χ3n) is 4.86. The molecule has 0 aromatic heterocycles. The van der Waals surface area contributed by atoms with Gasteiger partial charge in [0.05, 0.1) is 12.6 Å². The van der Waals surface area contributed by atoms with E-state index in [0.717, 1.165) is 15.9 Å². The summed E-state index contributed by atoms with van der Waals surface area (Å²) in [5, 5.41) is 2.42. The molecule has 0 aliphatic carbocycles. The molecular weight excluding hydrogens is 470 g/mol. The molecule has 1 unspecified atom stereocenters. The van der Waals surface area contributed by atoms with E-state index in [9.17, 15) is 31.9 Å². The van der Waals surface area contributed by atoms with Crippen LogP contribution in [0.2, 0.25) is 0 Å². The fraction of sp³-hybridized carbons (Fsp3) is 0.391. The minimum atomic E-state index is -1.67. The number of benzene rings is 1. The van der Waals surface area contributed by atoms with Crippen molar-refractivity contribution in [1.29, 1.82) is 0 Å². The molecule has 1 aromatic rings. The minimum absolute atomic E-state index is 0.0369. The number of carbonyl (C=O) groups excluding carboxylic acids is 3. The zero-order valence-corrected chi connectivity index (χ0v) is 19.7. The van der Waals surface area contributed by atoms with Crippen molar-refractivity contribution in [2.75, 3.05) is 13.6 Å². The monoisotopic (exact) mass is 499 g/mol. The third kappa shape index (κ3) is 9.59. The van der Waals surface area contributed by atoms with Gasteiger partial charge in [0.25, 0.3) is 0 Å². The lowest BCUT2D eigenvalue weighted by molar-refractivity contribution is -0.118. The molecule has 4 amide bonds. The average Bonchev–Trinajstić information content (AvgIpc) is 2.80. The van der Waals surface area contributed by atoms with Gasteiger partial charge in [0.1, 0.15) is 5.83 Å². The molecule has 1 rings (SSSR count). The Hall–Kier alpha value is -3.70. The number of rotatable bonds is 11. The van der Waals surface area contributed by atoms with Crippen molar-refractivity contribution < 1.29 is 31.9 Å². The van der Waals surface area contributed by atoms with Crippen LogP contribution in [-0.2, 0) is 16.1 Å². The standard InChI is InChI=1S/C23H29F4N5O3/c1-5-16(24)6-7-19(14(2)3)29-22(30-23(35)31(4)9-8-20(28)34)32(13-33)12-15-10-17(25)21(27)18(26)11-15/h5-6,10-11,13-14,19H,1,7-9,12H2,2-4H3,(H2,28,34)(H,29,30,35)/b16-6+. The number of guanidine groups is 1. The van der Waals surface area contributed by atoms with Gasteiger partial charge in [-0.25, -0.2) is 27.3 Å². The molecule has 0 aliphatic rings. The van der Waals surface area contributed by atoms with Gasteiger partial charge in [-0.3, -0.25) is 19.8 Å². The normalized spacial score (nSPS) is 12.8. The molecule has 0 saturated carbocycles. The van der Waals surface area contributed by atoms with E-state index >= 15 is 0 Å². The first kappa shape index (κ1) is 29.3. The van der Waals surface area contributed by atoms with Gasteiger partial charge in [0.15, 0.2) is 17.5 Å². The Morgan fingerprint density at radius 2 is 1.83 bits per heavy atom. The first-order valence-corrected chi connectivity index (χ1v) is 10.6. The molecule has 8 nitrogen and oxygen atoms in total. The number of amides is 4. The molecule has 3 N–H and O–H groups in total. The second-order valence-electron chi connectivity index (χ2n) is 7.97. The van der Waals surface area contributed by atoms with Gasteiger partial charge in [-0.2, -0.15) is 0 Å². The van der Waals surface area contributed by atoms with Gasteiger partial charge in [0, 0.05) is 20.0 Å². The zero-order chi connectivity index (χ0) is 26.7. The van der Waals surface area contributed by atoms with Crippen molar-refractivity contribution in [3.63, 3.8) is 0 Å². The van der Waals surface area contributed by atoms with E-state index in [1.165, 1.54) is 13.1 Å². The lowest BCUT2D eigenvalue weighted by atomic mass is 10.0. The number of nitrogens with zero attached hydrogens (tertiary/aromatic N) is 3. The first-order chi connectivity index (χ1) is 16.4. The molecule has 0 fully saturated rings. The van der Waals surface area contributed by atoms with Gasteiger partial charge in [-0.15, -0.1) is 0 Å². The average molecular weight is 500 g/mol. The second kappa shape index (κ2) is 13.9. The molecule has 0 aliphatic heterocycles. The molecule has 1 aromatic carbocycles. The van der Waals surface area contributed by atoms with Crippen LogP contribution in [0.5, 0.6) is 0 Å². The maximum absolute atomic E-state index is 13.7. The van der Waals surface area contributed by atoms with Crippen molar-refractivity contribution >= 4 is 24.3 Å². The summed E-state index contributed by atoms with van der Waals surface area (Å²) < 4.78 is 54.3. The number of aliphatic imine (C=N–C) groups is 1. The van der Waals surface area contributed by atoms with Crippen molar-refractivity contribution in [2.45, 2.75) is 39.3 Å². The lowest BCUT2D eigenvalue weighted by Gasteiger charge is -2.26. The van der Waals surface area contributed by atoms with E-state index in [-0.39, 0.29) is 43.2 Å². The molecule has 0 heterocycles. The van der Waals surface area contributed by atoms with E-state index in [0.29, 0.717) is 12.1 Å². The molecule has 12 heteroatoms. The van der Waals surface area contributed by atoms with Crippen LogP contribution in [0.15, 0.2) is 41.7 Å². The quantitative estimate of drug-likeness (QED) is 0.122. The summed E-state index contributed by atoms with van der Waals surface area (Å²) in [5.74, 6) is -6.28. The molecule has 0 spiro atoms. The number of urea groups is 1. The van der Waals surface area contributed by atoms with Crippen LogP contribution >= 0.6 is 0 Å². The Bertz CT molecular complexity index is 974. The van der Waals surface area contributed by atoms with Crippen LogP contribution < -0.4 is 11.1 Å². The number of nitrogens with two attached hydrogens (primary N) is 1. The summed E-state index contributed by atoms with van der Waals surface area (Å²) in [7, 11) is 1.37. The van der Waals surface area contributed by atoms with Gasteiger partial charge < -0.3 is 10.6 Å². The molecule has 192 valence electrons. The van der Waals surface area contributed by atoms with Crippen LogP contribution in [-0.4, -0.2) is 53.7 Å². The Morgan fingerprint density at radius 1 is 1.23 bits per heavy atom. The van der Waals surface area contributed by atoms with Crippen molar-refractivity contribution in [1.82, 2.24) is 15.1 Å². The number of hydrogen-bond donors (Lipinski definition) is 2. The summed E-state index contributed by atoms with van der Waals surface area (Å²) in [4.78, 5) is 41.9. The van der Waals surface area contributed by atoms with Crippen molar-refractivity contribution in [3.8, 4) is 0 Å². The summed E-state index contributed by atoms with van der Waals surface area (Å²) >= 11 is 0. The molecule has 35 heavy (non-hydrogen) atoms. The predicted octanol–water partition coefficient (Wildman–Crippen LogP) is 3.39. The SMILES string of the molecule is C=C/C(F)=C\CC(N=C(NC(=O)N(C)CCC(N)=O)N(C=O)Cc1cc(F)c(F)c(F)c1)C(C)C. The summed E-state index contributed by atoms with van der Waals surface area (Å²) in [6.45, 7) is 6.38. The highest BCUT2D eigenvalue weighted by atomic mass is 19.2. The number of hydrogen-bond acceptors (Lipinski definition) is 4. The number of primary amides is 1. The van der Waals surface area contributed by atoms with E-state index in [1.54, 1.807) is 13.8 Å². The van der Waals surface area contributed by atoms with Crippen LogP contribution in [0.3, 0.4) is 0 Å².